The molecule has 0 aromatic carbocycles. The standard InChI is InChI=1S/C9H17NO/c1-3-10-7-5-9(6-8-10)11-4-2/h5,7,9H,3-4,6,8H2,1-2H3. The largest absolute Gasteiger partial charge is 0.378 e. The molecule has 0 bridgehead atoms. The highest BCUT2D eigenvalue weighted by Gasteiger charge is 2.10. The van der Waals surface area contributed by atoms with E-state index in [9.17, 15) is 0 Å². The first-order valence-electron chi connectivity index (χ1n) is 4.40. The van der Waals surface area contributed by atoms with Crippen LogP contribution in [-0.4, -0.2) is 30.7 Å². The molecular weight excluding hydrogens is 138 g/mol. The van der Waals surface area contributed by atoms with Crippen LogP contribution in [0.1, 0.15) is 20.3 Å². The van der Waals surface area contributed by atoms with Gasteiger partial charge >= 0.3 is 0 Å². The molecule has 1 aliphatic rings. The molecular formula is C9H17NO. The van der Waals surface area contributed by atoms with Crippen molar-refractivity contribution in [3.05, 3.63) is 12.3 Å². The molecule has 0 saturated heterocycles. The fourth-order valence-corrected chi connectivity index (χ4v) is 1.30. The predicted molar refractivity (Wildman–Crippen MR) is 46.4 cm³/mol. The topological polar surface area (TPSA) is 12.5 Å². The fraction of sp³-hybridized carbons (Fsp3) is 0.778. The molecule has 0 saturated carbocycles. The molecule has 0 spiro atoms. The quantitative estimate of drug-likeness (QED) is 0.614. The summed E-state index contributed by atoms with van der Waals surface area (Å²) in [5, 5.41) is 0. The second-order valence-electron chi connectivity index (χ2n) is 2.75. The van der Waals surface area contributed by atoms with Gasteiger partial charge in [-0.25, -0.2) is 0 Å². The van der Waals surface area contributed by atoms with Gasteiger partial charge in [0.1, 0.15) is 0 Å². The molecule has 64 valence electrons. The Morgan fingerprint density at radius 3 is 2.82 bits per heavy atom. The third kappa shape index (κ3) is 2.54. The van der Waals surface area contributed by atoms with Crippen molar-refractivity contribution in [2.75, 3.05) is 19.7 Å². The molecule has 0 aliphatic carbocycles. The van der Waals surface area contributed by atoms with E-state index in [0.29, 0.717) is 6.10 Å². The van der Waals surface area contributed by atoms with Gasteiger partial charge in [-0.15, -0.1) is 0 Å². The summed E-state index contributed by atoms with van der Waals surface area (Å²) in [5.74, 6) is 0. The lowest BCUT2D eigenvalue weighted by atomic mass is 10.2. The second-order valence-corrected chi connectivity index (χ2v) is 2.75. The summed E-state index contributed by atoms with van der Waals surface area (Å²) in [4.78, 5) is 2.30. The summed E-state index contributed by atoms with van der Waals surface area (Å²) in [6.45, 7) is 7.28. The summed E-state index contributed by atoms with van der Waals surface area (Å²) in [5.41, 5.74) is 0. The summed E-state index contributed by atoms with van der Waals surface area (Å²) >= 11 is 0. The van der Waals surface area contributed by atoms with Gasteiger partial charge in [-0.05, 0) is 32.5 Å². The maximum atomic E-state index is 5.46. The van der Waals surface area contributed by atoms with Crippen molar-refractivity contribution in [3.8, 4) is 0 Å². The Hall–Kier alpha value is -0.500. The van der Waals surface area contributed by atoms with Crippen LogP contribution in [0.25, 0.3) is 0 Å². The van der Waals surface area contributed by atoms with E-state index in [1.54, 1.807) is 0 Å². The monoisotopic (exact) mass is 155 g/mol. The third-order valence-corrected chi connectivity index (χ3v) is 2.00. The smallest absolute Gasteiger partial charge is 0.0789 e. The molecule has 0 aromatic rings. The summed E-state index contributed by atoms with van der Waals surface area (Å²) < 4.78 is 5.46. The van der Waals surface area contributed by atoms with Crippen LogP contribution in [0.3, 0.4) is 0 Å². The Labute approximate surface area is 68.8 Å². The van der Waals surface area contributed by atoms with Crippen molar-refractivity contribution < 1.29 is 4.74 Å². The van der Waals surface area contributed by atoms with Crippen molar-refractivity contribution in [2.45, 2.75) is 26.4 Å². The van der Waals surface area contributed by atoms with Gasteiger partial charge in [-0.3, -0.25) is 0 Å². The lowest BCUT2D eigenvalue weighted by molar-refractivity contribution is 0.0766. The zero-order chi connectivity index (χ0) is 8.10. The van der Waals surface area contributed by atoms with Crippen molar-refractivity contribution in [1.29, 1.82) is 0 Å². The van der Waals surface area contributed by atoms with Crippen LogP contribution < -0.4 is 0 Å². The lowest BCUT2D eigenvalue weighted by Gasteiger charge is -2.26. The average molecular weight is 155 g/mol. The Balaban J connectivity index is 2.30. The van der Waals surface area contributed by atoms with Gasteiger partial charge in [0.25, 0.3) is 0 Å². The number of ether oxygens (including phenoxy) is 1. The SMILES string of the molecule is CCOC1C=CN(CC)CC1. The van der Waals surface area contributed by atoms with Crippen LogP contribution in [0.5, 0.6) is 0 Å². The van der Waals surface area contributed by atoms with E-state index in [1.807, 2.05) is 6.92 Å². The minimum atomic E-state index is 0.364. The zero-order valence-corrected chi connectivity index (χ0v) is 7.42. The first kappa shape index (κ1) is 8.60. The van der Waals surface area contributed by atoms with Crippen LogP contribution in [0.2, 0.25) is 0 Å². The van der Waals surface area contributed by atoms with Crippen LogP contribution in [0.4, 0.5) is 0 Å². The molecule has 0 aromatic heterocycles. The molecule has 0 fully saturated rings. The van der Waals surface area contributed by atoms with Crippen LogP contribution in [-0.2, 0) is 4.74 Å². The Morgan fingerprint density at radius 2 is 2.36 bits per heavy atom. The molecule has 0 amide bonds. The van der Waals surface area contributed by atoms with Gasteiger partial charge in [0.15, 0.2) is 0 Å². The van der Waals surface area contributed by atoms with E-state index < -0.39 is 0 Å². The van der Waals surface area contributed by atoms with E-state index in [2.05, 4.69) is 24.1 Å². The maximum Gasteiger partial charge on any atom is 0.0789 e. The summed E-state index contributed by atoms with van der Waals surface area (Å²) in [6.07, 6.45) is 5.79. The highest BCUT2D eigenvalue weighted by atomic mass is 16.5. The molecule has 1 atom stereocenters. The number of hydrogen-bond donors (Lipinski definition) is 0. The summed E-state index contributed by atoms with van der Waals surface area (Å²) in [7, 11) is 0. The molecule has 1 aliphatic heterocycles. The second kappa shape index (κ2) is 4.39. The number of rotatable bonds is 3. The van der Waals surface area contributed by atoms with Gasteiger partial charge in [0.2, 0.25) is 0 Å². The predicted octanol–water partition coefficient (Wildman–Crippen LogP) is 1.63. The van der Waals surface area contributed by atoms with Crippen LogP contribution >= 0.6 is 0 Å². The molecule has 1 rings (SSSR count). The van der Waals surface area contributed by atoms with Crippen molar-refractivity contribution in [1.82, 2.24) is 4.90 Å². The van der Waals surface area contributed by atoms with Crippen molar-refractivity contribution in [3.63, 3.8) is 0 Å². The van der Waals surface area contributed by atoms with E-state index in [4.69, 9.17) is 4.74 Å². The van der Waals surface area contributed by atoms with Crippen molar-refractivity contribution >= 4 is 0 Å². The summed E-state index contributed by atoms with van der Waals surface area (Å²) in [6, 6.07) is 0. The first-order valence-corrected chi connectivity index (χ1v) is 4.40. The van der Waals surface area contributed by atoms with Gasteiger partial charge < -0.3 is 9.64 Å². The average Bonchev–Trinajstić information content (AvgIpc) is 2.07. The Kier molecular flexibility index (Phi) is 3.43. The molecule has 2 heteroatoms. The van der Waals surface area contributed by atoms with Gasteiger partial charge in [0, 0.05) is 19.7 Å². The molecule has 0 radical (unpaired) electrons. The van der Waals surface area contributed by atoms with E-state index in [-0.39, 0.29) is 0 Å². The maximum absolute atomic E-state index is 5.46. The molecule has 11 heavy (non-hydrogen) atoms. The highest BCUT2D eigenvalue weighted by molar-refractivity contribution is 4.94. The zero-order valence-electron chi connectivity index (χ0n) is 7.42. The van der Waals surface area contributed by atoms with Crippen molar-refractivity contribution in [2.24, 2.45) is 0 Å². The number of hydrogen-bond acceptors (Lipinski definition) is 2. The molecule has 0 N–H and O–H groups in total. The van der Waals surface area contributed by atoms with Gasteiger partial charge in [-0.1, -0.05) is 0 Å². The fourth-order valence-electron chi connectivity index (χ4n) is 1.30. The third-order valence-electron chi connectivity index (χ3n) is 2.00. The lowest BCUT2D eigenvalue weighted by Crippen LogP contribution is -2.27. The Morgan fingerprint density at radius 1 is 1.55 bits per heavy atom. The minimum Gasteiger partial charge on any atom is -0.378 e. The van der Waals surface area contributed by atoms with E-state index in [1.165, 1.54) is 0 Å². The van der Waals surface area contributed by atoms with E-state index in [0.717, 1.165) is 26.1 Å². The molecule has 1 heterocycles. The number of nitrogens with zero attached hydrogens (tertiary/aromatic N) is 1. The van der Waals surface area contributed by atoms with Crippen LogP contribution in [0.15, 0.2) is 12.3 Å². The first-order chi connectivity index (χ1) is 5.36. The van der Waals surface area contributed by atoms with Crippen LogP contribution in [0, 0.1) is 0 Å². The highest BCUT2D eigenvalue weighted by Crippen LogP contribution is 2.09. The normalized spacial score (nSPS) is 24.2. The van der Waals surface area contributed by atoms with E-state index >= 15 is 0 Å². The van der Waals surface area contributed by atoms with Gasteiger partial charge in [-0.2, -0.15) is 0 Å². The minimum absolute atomic E-state index is 0.364. The molecule has 2 nitrogen and oxygen atoms in total. The van der Waals surface area contributed by atoms with Gasteiger partial charge in [0.05, 0.1) is 6.10 Å². The Bertz CT molecular complexity index is 134. The molecule has 1 unspecified atom stereocenters.